The summed E-state index contributed by atoms with van der Waals surface area (Å²) in [4.78, 5) is 11.9. The fourth-order valence-corrected chi connectivity index (χ4v) is 3.04. The normalized spacial score (nSPS) is 11.0. The number of urea groups is 1. The van der Waals surface area contributed by atoms with Crippen molar-refractivity contribution in [2.75, 3.05) is 11.6 Å². The Balaban J connectivity index is 1.93. The second-order valence-electron chi connectivity index (χ2n) is 5.21. The molecular weight excluding hydrogens is 336 g/mol. The van der Waals surface area contributed by atoms with Crippen LogP contribution in [0.1, 0.15) is 11.1 Å². The van der Waals surface area contributed by atoms with Gasteiger partial charge in [0, 0.05) is 23.5 Å². The smallest absolute Gasteiger partial charge is 0.319 e. The summed E-state index contributed by atoms with van der Waals surface area (Å²) in [6.45, 7) is 0.343. The summed E-state index contributed by atoms with van der Waals surface area (Å²) in [5.74, 6) is -0.0628. The van der Waals surface area contributed by atoms with Gasteiger partial charge in [0.15, 0.2) is 9.84 Å². The zero-order valence-electron chi connectivity index (χ0n) is 12.5. The van der Waals surface area contributed by atoms with Crippen LogP contribution in [0.25, 0.3) is 0 Å². The van der Waals surface area contributed by atoms with Gasteiger partial charge >= 0.3 is 6.03 Å². The van der Waals surface area contributed by atoms with Crippen molar-refractivity contribution in [1.29, 1.82) is 0 Å². The Morgan fingerprint density at radius 1 is 1.09 bits per heavy atom. The van der Waals surface area contributed by atoms with E-state index in [-0.39, 0.29) is 11.8 Å². The van der Waals surface area contributed by atoms with Crippen LogP contribution in [-0.2, 0) is 22.1 Å². The summed E-state index contributed by atoms with van der Waals surface area (Å²) >= 11 is 5.88. The van der Waals surface area contributed by atoms with Crippen molar-refractivity contribution in [3.05, 3.63) is 64.7 Å². The van der Waals surface area contributed by atoms with E-state index >= 15 is 0 Å². The number of carbonyl (C=O) groups is 1. The molecule has 23 heavy (non-hydrogen) atoms. The number of anilines is 1. The lowest BCUT2D eigenvalue weighted by Gasteiger charge is -2.09. The zero-order valence-corrected chi connectivity index (χ0v) is 14.1. The molecule has 2 aromatic rings. The molecule has 2 amide bonds. The van der Waals surface area contributed by atoms with Crippen LogP contribution >= 0.6 is 11.6 Å². The van der Waals surface area contributed by atoms with Crippen LogP contribution in [0, 0.1) is 0 Å². The van der Waals surface area contributed by atoms with Gasteiger partial charge in [-0.3, -0.25) is 0 Å². The Hall–Kier alpha value is -2.05. The van der Waals surface area contributed by atoms with Gasteiger partial charge in [0.25, 0.3) is 0 Å². The van der Waals surface area contributed by atoms with Crippen LogP contribution in [0.3, 0.4) is 0 Å². The molecule has 0 aliphatic rings. The number of sulfone groups is 1. The predicted octanol–water partition coefficient (Wildman–Crippen LogP) is 3.21. The van der Waals surface area contributed by atoms with E-state index in [0.717, 1.165) is 5.56 Å². The van der Waals surface area contributed by atoms with E-state index in [2.05, 4.69) is 10.6 Å². The third kappa shape index (κ3) is 6.30. The monoisotopic (exact) mass is 352 g/mol. The Kier molecular flexibility index (Phi) is 5.63. The van der Waals surface area contributed by atoms with Gasteiger partial charge in [-0.2, -0.15) is 0 Å². The van der Waals surface area contributed by atoms with Crippen LogP contribution in [0.2, 0.25) is 5.02 Å². The zero-order chi connectivity index (χ0) is 16.9. The number of amides is 2. The van der Waals surface area contributed by atoms with Crippen molar-refractivity contribution >= 4 is 33.2 Å². The fourth-order valence-electron chi connectivity index (χ4n) is 2.05. The molecule has 0 spiro atoms. The maximum Gasteiger partial charge on any atom is 0.319 e. The highest BCUT2D eigenvalue weighted by molar-refractivity contribution is 7.89. The minimum absolute atomic E-state index is 0.0628. The minimum atomic E-state index is -3.11. The van der Waals surface area contributed by atoms with Crippen LogP contribution in [0.15, 0.2) is 48.5 Å². The lowest BCUT2D eigenvalue weighted by molar-refractivity contribution is 0.251. The topological polar surface area (TPSA) is 75.3 Å². The lowest BCUT2D eigenvalue weighted by atomic mass is 10.2. The van der Waals surface area contributed by atoms with E-state index in [1.165, 1.54) is 6.26 Å². The van der Waals surface area contributed by atoms with Gasteiger partial charge < -0.3 is 10.6 Å². The number of nitrogens with one attached hydrogen (secondary N) is 2. The average Bonchev–Trinajstić information content (AvgIpc) is 2.44. The van der Waals surface area contributed by atoms with Crippen molar-refractivity contribution in [3.63, 3.8) is 0 Å². The third-order valence-corrected chi connectivity index (χ3v) is 4.05. The average molecular weight is 353 g/mol. The molecular formula is C16H17ClN2O3S. The highest BCUT2D eigenvalue weighted by Crippen LogP contribution is 2.13. The van der Waals surface area contributed by atoms with Crippen molar-refractivity contribution in [2.24, 2.45) is 0 Å². The highest BCUT2D eigenvalue weighted by atomic mass is 35.5. The first kappa shape index (κ1) is 17.3. The van der Waals surface area contributed by atoms with Gasteiger partial charge in [0.05, 0.1) is 5.75 Å². The third-order valence-electron chi connectivity index (χ3n) is 2.96. The quantitative estimate of drug-likeness (QED) is 0.867. The number of hydrogen-bond acceptors (Lipinski definition) is 3. The fraction of sp³-hybridized carbons (Fsp3) is 0.188. The van der Waals surface area contributed by atoms with Crippen molar-refractivity contribution < 1.29 is 13.2 Å². The molecule has 2 aromatic carbocycles. The first-order valence-corrected chi connectivity index (χ1v) is 9.32. The molecule has 2 N–H and O–H groups in total. The van der Waals surface area contributed by atoms with Gasteiger partial charge in [-0.15, -0.1) is 0 Å². The molecule has 0 bridgehead atoms. The molecule has 0 aliphatic heterocycles. The van der Waals surface area contributed by atoms with Crippen molar-refractivity contribution in [1.82, 2.24) is 5.32 Å². The van der Waals surface area contributed by atoms with Gasteiger partial charge in [0.2, 0.25) is 0 Å². The summed E-state index contributed by atoms with van der Waals surface area (Å²) in [6, 6.07) is 13.6. The van der Waals surface area contributed by atoms with Crippen LogP contribution in [0.5, 0.6) is 0 Å². The molecule has 0 saturated carbocycles. The van der Waals surface area contributed by atoms with E-state index in [1.54, 1.807) is 36.4 Å². The summed E-state index contributed by atoms with van der Waals surface area (Å²) in [6.07, 6.45) is 1.17. The van der Waals surface area contributed by atoms with E-state index in [0.29, 0.717) is 22.8 Å². The summed E-state index contributed by atoms with van der Waals surface area (Å²) in [5.41, 5.74) is 2.05. The lowest BCUT2D eigenvalue weighted by Crippen LogP contribution is -2.28. The molecule has 0 fully saturated rings. The molecule has 122 valence electrons. The second-order valence-corrected chi connectivity index (χ2v) is 7.78. The number of rotatable bonds is 5. The molecule has 0 aliphatic carbocycles. The van der Waals surface area contributed by atoms with Crippen LogP contribution in [-0.4, -0.2) is 20.7 Å². The first-order chi connectivity index (χ1) is 10.8. The van der Waals surface area contributed by atoms with Crippen LogP contribution in [0.4, 0.5) is 10.5 Å². The Bertz CT molecular complexity index is 806. The standard InChI is InChI=1S/C16H17ClN2O3S/c1-23(21,22)11-13-5-3-7-15(9-13)19-16(20)18-10-12-4-2-6-14(17)8-12/h2-9H,10-11H2,1H3,(H2,18,19,20). The summed E-state index contributed by atoms with van der Waals surface area (Å²) < 4.78 is 22.6. The minimum Gasteiger partial charge on any atom is -0.334 e. The van der Waals surface area contributed by atoms with Gasteiger partial charge in [-0.1, -0.05) is 35.9 Å². The molecule has 2 rings (SSSR count). The Labute approximate surface area is 140 Å². The summed E-state index contributed by atoms with van der Waals surface area (Å²) in [5, 5.41) is 6.00. The number of hydrogen-bond donors (Lipinski definition) is 2. The summed E-state index contributed by atoms with van der Waals surface area (Å²) in [7, 11) is -3.11. The van der Waals surface area contributed by atoms with Gasteiger partial charge in [-0.05, 0) is 35.4 Å². The maximum atomic E-state index is 11.9. The second kappa shape index (κ2) is 7.48. The Morgan fingerprint density at radius 2 is 1.78 bits per heavy atom. The van der Waals surface area contributed by atoms with Crippen molar-refractivity contribution in [2.45, 2.75) is 12.3 Å². The maximum absolute atomic E-state index is 11.9. The van der Waals surface area contributed by atoms with Crippen molar-refractivity contribution in [3.8, 4) is 0 Å². The molecule has 0 unspecified atom stereocenters. The predicted molar refractivity (Wildman–Crippen MR) is 92.3 cm³/mol. The molecule has 0 atom stereocenters. The van der Waals surface area contributed by atoms with E-state index in [1.807, 2.05) is 12.1 Å². The molecule has 0 aromatic heterocycles. The number of benzene rings is 2. The number of carbonyl (C=O) groups excluding carboxylic acids is 1. The van der Waals surface area contributed by atoms with E-state index < -0.39 is 9.84 Å². The first-order valence-electron chi connectivity index (χ1n) is 6.88. The van der Waals surface area contributed by atoms with Crippen LogP contribution < -0.4 is 10.6 Å². The Morgan fingerprint density at radius 3 is 2.48 bits per heavy atom. The molecule has 0 radical (unpaired) electrons. The van der Waals surface area contributed by atoms with E-state index in [4.69, 9.17) is 11.6 Å². The SMILES string of the molecule is CS(=O)(=O)Cc1cccc(NC(=O)NCc2cccc(Cl)c2)c1. The molecule has 0 saturated heterocycles. The van der Waals surface area contributed by atoms with E-state index in [9.17, 15) is 13.2 Å². The molecule has 5 nitrogen and oxygen atoms in total. The largest absolute Gasteiger partial charge is 0.334 e. The van der Waals surface area contributed by atoms with Gasteiger partial charge in [-0.25, -0.2) is 13.2 Å². The molecule has 7 heteroatoms. The highest BCUT2D eigenvalue weighted by Gasteiger charge is 2.07. The molecule has 0 heterocycles. The van der Waals surface area contributed by atoms with Gasteiger partial charge in [0.1, 0.15) is 0 Å². The number of halogens is 1.